The molecule has 2 aromatic rings. The maximum Gasteiger partial charge on any atom is 0.168 e. The lowest BCUT2D eigenvalue weighted by Gasteiger charge is -2.01. The number of benzene rings is 1. The second-order valence-electron chi connectivity index (χ2n) is 4.04. The molecule has 0 aliphatic carbocycles. The highest BCUT2D eigenvalue weighted by Gasteiger charge is 2.10. The van der Waals surface area contributed by atoms with Gasteiger partial charge in [-0.2, -0.15) is 5.10 Å². The molecular formula is C13H13FN2O. The van der Waals surface area contributed by atoms with Gasteiger partial charge in [0.25, 0.3) is 0 Å². The average Bonchev–Trinajstić information content (AvgIpc) is 2.68. The lowest BCUT2D eigenvalue weighted by molar-refractivity contribution is 0.0991. The molecule has 1 heterocycles. The Hall–Kier alpha value is -1.97. The van der Waals surface area contributed by atoms with Crippen LogP contribution in [0.2, 0.25) is 0 Å². The molecule has 0 fully saturated rings. The standard InChI is InChI=1S/C13H13FN2O/c1-9-7-10(3-4-12(9)14)13(17)8-11-5-6-16(2)15-11/h3-7H,8H2,1-2H3. The number of Topliss-reactive ketones (excluding diaryl/α,β-unsaturated/α-hetero) is 1. The Bertz CT molecular complexity index is 560. The molecule has 0 bridgehead atoms. The van der Waals surface area contributed by atoms with E-state index in [1.165, 1.54) is 12.1 Å². The zero-order valence-corrected chi connectivity index (χ0v) is 9.77. The van der Waals surface area contributed by atoms with Crippen molar-refractivity contribution in [3.63, 3.8) is 0 Å². The summed E-state index contributed by atoms with van der Waals surface area (Å²) in [5, 5.41) is 4.14. The Morgan fingerprint density at radius 3 is 2.76 bits per heavy atom. The van der Waals surface area contributed by atoms with Crippen molar-refractivity contribution < 1.29 is 9.18 Å². The molecule has 2 rings (SSSR count). The quantitative estimate of drug-likeness (QED) is 0.761. The van der Waals surface area contributed by atoms with Crippen LogP contribution in [0.25, 0.3) is 0 Å². The van der Waals surface area contributed by atoms with E-state index >= 15 is 0 Å². The van der Waals surface area contributed by atoms with E-state index in [9.17, 15) is 9.18 Å². The maximum atomic E-state index is 13.1. The molecule has 1 aromatic carbocycles. The molecule has 0 unspecified atom stereocenters. The number of rotatable bonds is 3. The summed E-state index contributed by atoms with van der Waals surface area (Å²) >= 11 is 0. The molecule has 17 heavy (non-hydrogen) atoms. The fourth-order valence-corrected chi connectivity index (χ4v) is 1.64. The lowest BCUT2D eigenvalue weighted by Crippen LogP contribution is -2.05. The van der Waals surface area contributed by atoms with Gasteiger partial charge in [0.1, 0.15) is 5.82 Å². The number of hydrogen-bond acceptors (Lipinski definition) is 2. The number of nitrogens with zero attached hydrogens (tertiary/aromatic N) is 2. The normalized spacial score (nSPS) is 10.5. The van der Waals surface area contributed by atoms with E-state index in [4.69, 9.17) is 0 Å². The van der Waals surface area contributed by atoms with Crippen LogP contribution in [-0.2, 0) is 13.5 Å². The SMILES string of the molecule is Cc1cc(C(=O)Cc2ccn(C)n2)ccc1F. The molecule has 0 N–H and O–H groups in total. The highest BCUT2D eigenvalue weighted by molar-refractivity contribution is 5.97. The van der Waals surface area contributed by atoms with E-state index in [2.05, 4.69) is 5.10 Å². The van der Waals surface area contributed by atoms with Crippen LogP contribution in [0.15, 0.2) is 30.5 Å². The Balaban J connectivity index is 2.17. The van der Waals surface area contributed by atoms with E-state index in [0.29, 0.717) is 11.1 Å². The van der Waals surface area contributed by atoms with E-state index in [-0.39, 0.29) is 18.0 Å². The first-order chi connectivity index (χ1) is 8.06. The number of carbonyl (C=O) groups excluding carboxylic acids is 1. The first kappa shape index (κ1) is 11.5. The van der Waals surface area contributed by atoms with Gasteiger partial charge >= 0.3 is 0 Å². The number of halogens is 1. The maximum absolute atomic E-state index is 13.1. The molecule has 0 amide bonds. The molecule has 0 atom stereocenters. The molecule has 1 aromatic heterocycles. The minimum absolute atomic E-state index is 0.0493. The zero-order valence-electron chi connectivity index (χ0n) is 9.77. The summed E-state index contributed by atoms with van der Waals surface area (Å²) in [5.41, 5.74) is 1.73. The number of hydrogen-bond donors (Lipinski definition) is 0. The third-order valence-electron chi connectivity index (χ3n) is 2.59. The van der Waals surface area contributed by atoms with Crippen molar-refractivity contribution in [2.75, 3.05) is 0 Å². The Morgan fingerprint density at radius 1 is 1.41 bits per heavy atom. The van der Waals surface area contributed by atoms with E-state index in [1.807, 2.05) is 0 Å². The molecule has 0 aliphatic heterocycles. The third-order valence-corrected chi connectivity index (χ3v) is 2.59. The molecule has 0 spiro atoms. The van der Waals surface area contributed by atoms with Crippen LogP contribution in [0, 0.1) is 12.7 Å². The van der Waals surface area contributed by atoms with Gasteiger partial charge in [-0.3, -0.25) is 9.48 Å². The highest BCUT2D eigenvalue weighted by Crippen LogP contribution is 2.11. The lowest BCUT2D eigenvalue weighted by atomic mass is 10.0. The first-order valence-corrected chi connectivity index (χ1v) is 5.34. The van der Waals surface area contributed by atoms with Gasteiger partial charge in [-0.1, -0.05) is 0 Å². The molecule has 88 valence electrons. The molecule has 0 radical (unpaired) electrons. The summed E-state index contributed by atoms with van der Waals surface area (Å²) in [4.78, 5) is 11.9. The van der Waals surface area contributed by atoms with E-state index in [1.54, 1.807) is 37.0 Å². The number of ketones is 1. The van der Waals surface area contributed by atoms with Gasteiger partial charge in [0.05, 0.1) is 12.1 Å². The number of aromatic nitrogens is 2. The first-order valence-electron chi connectivity index (χ1n) is 5.34. The van der Waals surface area contributed by atoms with Crippen LogP contribution < -0.4 is 0 Å². The summed E-state index contributed by atoms with van der Waals surface area (Å²) in [6.45, 7) is 1.65. The number of carbonyl (C=O) groups is 1. The van der Waals surface area contributed by atoms with Gasteiger partial charge in [-0.05, 0) is 36.8 Å². The third kappa shape index (κ3) is 2.58. The fourth-order valence-electron chi connectivity index (χ4n) is 1.64. The fraction of sp³-hybridized carbons (Fsp3) is 0.231. The van der Waals surface area contributed by atoms with Crippen LogP contribution in [0.5, 0.6) is 0 Å². The van der Waals surface area contributed by atoms with Crippen molar-refractivity contribution in [2.45, 2.75) is 13.3 Å². The Morgan fingerprint density at radius 2 is 2.18 bits per heavy atom. The van der Waals surface area contributed by atoms with Gasteiger partial charge in [-0.15, -0.1) is 0 Å². The van der Waals surface area contributed by atoms with Crippen molar-refractivity contribution in [1.82, 2.24) is 9.78 Å². The average molecular weight is 232 g/mol. The van der Waals surface area contributed by atoms with Crippen LogP contribution >= 0.6 is 0 Å². The molecule has 4 heteroatoms. The van der Waals surface area contributed by atoms with Gasteiger partial charge in [0.15, 0.2) is 5.78 Å². The van der Waals surface area contributed by atoms with Crippen molar-refractivity contribution in [3.8, 4) is 0 Å². The van der Waals surface area contributed by atoms with Crippen LogP contribution in [0.3, 0.4) is 0 Å². The monoisotopic (exact) mass is 232 g/mol. The molecule has 0 aliphatic rings. The Labute approximate surface area is 98.9 Å². The van der Waals surface area contributed by atoms with Crippen molar-refractivity contribution >= 4 is 5.78 Å². The largest absolute Gasteiger partial charge is 0.294 e. The van der Waals surface area contributed by atoms with Gasteiger partial charge < -0.3 is 0 Å². The molecule has 0 saturated heterocycles. The topological polar surface area (TPSA) is 34.9 Å². The van der Waals surface area contributed by atoms with Crippen LogP contribution in [-0.4, -0.2) is 15.6 Å². The summed E-state index contributed by atoms with van der Waals surface area (Å²) in [7, 11) is 1.80. The summed E-state index contributed by atoms with van der Waals surface area (Å²) in [6, 6.07) is 6.20. The second-order valence-corrected chi connectivity index (χ2v) is 4.04. The predicted octanol–water partition coefficient (Wildman–Crippen LogP) is 2.29. The van der Waals surface area contributed by atoms with Gasteiger partial charge in [0, 0.05) is 18.8 Å². The molecular weight excluding hydrogens is 219 g/mol. The summed E-state index contributed by atoms with van der Waals surface area (Å²) in [5.74, 6) is -0.341. The Kier molecular flexibility index (Phi) is 3.04. The van der Waals surface area contributed by atoms with Gasteiger partial charge in [0.2, 0.25) is 0 Å². The summed E-state index contributed by atoms with van der Waals surface area (Å²) < 4.78 is 14.7. The molecule has 3 nitrogen and oxygen atoms in total. The second kappa shape index (κ2) is 4.49. The minimum atomic E-state index is -0.292. The minimum Gasteiger partial charge on any atom is -0.294 e. The highest BCUT2D eigenvalue weighted by atomic mass is 19.1. The van der Waals surface area contributed by atoms with Crippen LogP contribution in [0.4, 0.5) is 4.39 Å². The molecule has 0 saturated carbocycles. The zero-order chi connectivity index (χ0) is 12.4. The van der Waals surface area contributed by atoms with Gasteiger partial charge in [-0.25, -0.2) is 4.39 Å². The summed E-state index contributed by atoms with van der Waals surface area (Å²) in [6.07, 6.45) is 2.03. The van der Waals surface area contributed by atoms with Crippen molar-refractivity contribution in [2.24, 2.45) is 7.05 Å². The van der Waals surface area contributed by atoms with Crippen molar-refractivity contribution in [1.29, 1.82) is 0 Å². The smallest absolute Gasteiger partial charge is 0.168 e. The van der Waals surface area contributed by atoms with E-state index in [0.717, 1.165) is 5.69 Å². The van der Waals surface area contributed by atoms with Crippen LogP contribution in [0.1, 0.15) is 21.6 Å². The number of aryl methyl sites for hydroxylation is 2. The van der Waals surface area contributed by atoms with E-state index < -0.39 is 0 Å². The predicted molar refractivity (Wildman–Crippen MR) is 62.4 cm³/mol. The van der Waals surface area contributed by atoms with Crippen molar-refractivity contribution in [3.05, 3.63) is 53.1 Å².